The Bertz CT molecular complexity index is 1110. The molecular formula is C22H25N4O6P. The fourth-order valence-electron chi connectivity index (χ4n) is 3.81. The Hall–Kier alpha value is -3.04. The SMILES string of the molecule is COc1ccc(CC([C@@H]2CN[C@H](c3ccc(-n4cnc(C(=O)O)n4)cc3)CO2)[PH](=O)O)cc1. The number of benzene rings is 2. The Morgan fingerprint density at radius 2 is 2.00 bits per heavy atom. The normalized spacial score (nSPS) is 20.2. The lowest BCUT2D eigenvalue weighted by Gasteiger charge is -2.34. The molecule has 1 fully saturated rings. The predicted molar refractivity (Wildman–Crippen MR) is 121 cm³/mol. The first-order chi connectivity index (χ1) is 15.9. The topological polar surface area (TPSA) is 136 Å². The molecule has 174 valence electrons. The highest BCUT2D eigenvalue weighted by Crippen LogP contribution is 2.33. The van der Waals surface area contributed by atoms with E-state index in [9.17, 15) is 14.3 Å². The van der Waals surface area contributed by atoms with Crippen LogP contribution in [0.2, 0.25) is 0 Å². The lowest BCUT2D eigenvalue weighted by Crippen LogP contribution is -2.46. The van der Waals surface area contributed by atoms with Crippen molar-refractivity contribution < 1.29 is 28.8 Å². The molecule has 4 rings (SSSR count). The van der Waals surface area contributed by atoms with Gasteiger partial charge >= 0.3 is 5.97 Å². The van der Waals surface area contributed by atoms with Gasteiger partial charge in [0.1, 0.15) is 12.1 Å². The number of nitrogens with zero attached hydrogens (tertiary/aromatic N) is 3. The van der Waals surface area contributed by atoms with E-state index in [1.54, 1.807) is 7.11 Å². The van der Waals surface area contributed by atoms with E-state index in [2.05, 4.69) is 15.4 Å². The second-order valence-electron chi connectivity index (χ2n) is 7.74. The quantitative estimate of drug-likeness (QED) is 0.421. The van der Waals surface area contributed by atoms with Crippen LogP contribution in [0, 0.1) is 0 Å². The minimum atomic E-state index is -2.81. The predicted octanol–water partition coefficient (Wildman–Crippen LogP) is 2.08. The van der Waals surface area contributed by atoms with Crippen LogP contribution in [0.4, 0.5) is 0 Å². The summed E-state index contributed by atoms with van der Waals surface area (Å²) in [5.74, 6) is -0.707. The van der Waals surface area contributed by atoms with Crippen molar-refractivity contribution >= 4 is 14.0 Å². The maximum atomic E-state index is 12.1. The van der Waals surface area contributed by atoms with Crippen LogP contribution < -0.4 is 10.1 Å². The summed E-state index contributed by atoms with van der Waals surface area (Å²) in [7, 11) is -1.21. The molecule has 0 bridgehead atoms. The first kappa shape index (κ1) is 23.1. The molecular weight excluding hydrogens is 447 g/mol. The fraction of sp³-hybridized carbons (Fsp3) is 0.318. The number of morpholine rings is 1. The van der Waals surface area contributed by atoms with Crippen LogP contribution in [-0.4, -0.2) is 62.8 Å². The van der Waals surface area contributed by atoms with Crippen LogP contribution >= 0.6 is 8.03 Å². The number of aromatic nitrogens is 3. The van der Waals surface area contributed by atoms with Crippen LogP contribution in [0.1, 0.15) is 27.8 Å². The minimum Gasteiger partial charge on any atom is -0.497 e. The number of hydrogen-bond acceptors (Lipinski definition) is 7. The van der Waals surface area contributed by atoms with Crippen molar-refractivity contribution in [3.05, 3.63) is 71.8 Å². The molecule has 1 saturated heterocycles. The zero-order chi connectivity index (χ0) is 23.4. The number of rotatable bonds is 8. The molecule has 0 saturated carbocycles. The molecule has 0 spiro atoms. The molecule has 3 aromatic rings. The molecule has 11 heteroatoms. The third-order valence-electron chi connectivity index (χ3n) is 5.67. The number of aromatic carboxylic acids is 1. The third-order valence-corrected chi connectivity index (χ3v) is 6.88. The molecule has 10 nitrogen and oxygen atoms in total. The van der Waals surface area contributed by atoms with Gasteiger partial charge in [-0.15, -0.1) is 5.10 Å². The Morgan fingerprint density at radius 3 is 2.55 bits per heavy atom. The van der Waals surface area contributed by atoms with Gasteiger partial charge in [-0.1, -0.05) is 24.3 Å². The molecule has 0 radical (unpaired) electrons. The Balaban J connectivity index is 1.37. The summed E-state index contributed by atoms with van der Waals surface area (Å²) in [6.07, 6.45) is 1.43. The Kier molecular flexibility index (Phi) is 7.20. The van der Waals surface area contributed by atoms with Crippen LogP contribution in [0.25, 0.3) is 5.69 Å². The molecule has 2 unspecified atom stereocenters. The molecule has 1 aliphatic heterocycles. The van der Waals surface area contributed by atoms with Gasteiger partial charge in [0.2, 0.25) is 0 Å². The number of nitrogens with one attached hydrogen (secondary N) is 1. The lowest BCUT2D eigenvalue weighted by molar-refractivity contribution is 0.000694. The van der Waals surface area contributed by atoms with Gasteiger partial charge in [0, 0.05) is 6.54 Å². The second kappa shape index (κ2) is 10.3. The standard InChI is InChI=1S/C22H25N4O6P/c1-31-17-8-2-14(3-9-17)10-20(33(29)30)19-11-23-18(12-32-19)15-4-6-16(7-5-15)26-13-24-21(25-26)22(27)28/h2-9,13,18-20,23,33H,10-12H2,1H3,(H,27,28)(H,29,30)/t18-,19-,20?/m0/s1. The molecule has 2 aromatic carbocycles. The van der Waals surface area contributed by atoms with Crippen LogP contribution in [0.3, 0.4) is 0 Å². The average Bonchev–Trinajstić information content (AvgIpc) is 3.34. The van der Waals surface area contributed by atoms with Crippen molar-refractivity contribution in [1.29, 1.82) is 0 Å². The molecule has 0 aliphatic carbocycles. The molecule has 33 heavy (non-hydrogen) atoms. The van der Waals surface area contributed by atoms with Crippen molar-refractivity contribution in [3.63, 3.8) is 0 Å². The second-order valence-corrected chi connectivity index (χ2v) is 9.16. The van der Waals surface area contributed by atoms with E-state index < -0.39 is 19.7 Å². The maximum absolute atomic E-state index is 12.1. The van der Waals surface area contributed by atoms with Gasteiger partial charge in [-0.25, -0.2) is 14.5 Å². The monoisotopic (exact) mass is 472 g/mol. The summed E-state index contributed by atoms with van der Waals surface area (Å²) in [5, 5.41) is 16.3. The van der Waals surface area contributed by atoms with Crippen molar-refractivity contribution in [1.82, 2.24) is 20.1 Å². The van der Waals surface area contributed by atoms with Crippen molar-refractivity contribution in [2.24, 2.45) is 0 Å². The van der Waals surface area contributed by atoms with Gasteiger partial charge < -0.3 is 24.8 Å². The number of carboxylic acid groups (broad SMARTS) is 1. The summed E-state index contributed by atoms with van der Waals surface area (Å²) in [4.78, 5) is 24.7. The van der Waals surface area contributed by atoms with E-state index in [0.29, 0.717) is 25.3 Å². The summed E-state index contributed by atoms with van der Waals surface area (Å²) in [6, 6.07) is 14.8. The van der Waals surface area contributed by atoms with Crippen LogP contribution in [-0.2, 0) is 15.7 Å². The zero-order valence-corrected chi connectivity index (χ0v) is 18.9. The van der Waals surface area contributed by atoms with Crippen molar-refractivity contribution in [2.75, 3.05) is 20.3 Å². The van der Waals surface area contributed by atoms with Crippen molar-refractivity contribution in [2.45, 2.75) is 24.2 Å². The van der Waals surface area contributed by atoms with Gasteiger partial charge in [-0.2, -0.15) is 0 Å². The smallest absolute Gasteiger partial charge is 0.375 e. The number of carbonyl (C=O) groups is 1. The molecule has 1 aliphatic rings. The van der Waals surface area contributed by atoms with E-state index in [4.69, 9.17) is 14.6 Å². The lowest BCUT2D eigenvalue weighted by atomic mass is 10.0. The molecule has 2 heterocycles. The van der Waals surface area contributed by atoms with Crippen LogP contribution in [0.15, 0.2) is 54.9 Å². The molecule has 4 atom stereocenters. The average molecular weight is 472 g/mol. The maximum Gasteiger partial charge on any atom is 0.375 e. The van der Waals surface area contributed by atoms with Gasteiger partial charge in [-0.05, 0) is 41.8 Å². The number of hydrogen-bond donors (Lipinski definition) is 3. The highest BCUT2D eigenvalue weighted by molar-refractivity contribution is 7.39. The van der Waals surface area contributed by atoms with E-state index in [1.807, 2.05) is 48.5 Å². The fourth-order valence-corrected chi connectivity index (χ4v) is 4.75. The zero-order valence-electron chi connectivity index (χ0n) is 17.9. The largest absolute Gasteiger partial charge is 0.497 e. The highest BCUT2D eigenvalue weighted by atomic mass is 31.1. The molecule has 1 aromatic heterocycles. The van der Waals surface area contributed by atoms with E-state index in [-0.39, 0.29) is 18.0 Å². The van der Waals surface area contributed by atoms with Gasteiger partial charge in [0.05, 0.1) is 37.2 Å². The molecule has 3 N–H and O–H groups in total. The van der Waals surface area contributed by atoms with Crippen LogP contribution in [0.5, 0.6) is 5.75 Å². The van der Waals surface area contributed by atoms with E-state index in [1.165, 1.54) is 11.0 Å². The minimum absolute atomic E-state index is 0.0664. The van der Waals surface area contributed by atoms with E-state index >= 15 is 0 Å². The Labute approximate surface area is 191 Å². The van der Waals surface area contributed by atoms with Gasteiger partial charge in [-0.3, -0.25) is 4.57 Å². The first-order valence-corrected chi connectivity index (χ1v) is 11.8. The number of carboxylic acids is 1. The van der Waals surface area contributed by atoms with Gasteiger partial charge in [0.25, 0.3) is 5.82 Å². The summed E-state index contributed by atoms with van der Waals surface area (Å²) in [5.41, 5.74) is 2.13. The first-order valence-electron chi connectivity index (χ1n) is 10.4. The Morgan fingerprint density at radius 1 is 1.27 bits per heavy atom. The number of methoxy groups -OCH3 is 1. The van der Waals surface area contributed by atoms with E-state index in [0.717, 1.165) is 16.9 Å². The summed E-state index contributed by atoms with van der Waals surface area (Å²) in [6.45, 7) is 0.819. The van der Waals surface area contributed by atoms with Crippen molar-refractivity contribution in [3.8, 4) is 11.4 Å². The highest BCUT2D eigenvalue weighted by Gasteiger charge is 2.32. The van der Waals surface area contributed by atoms with Gasteiger partial charge in [0.15, 0.2) is 8.03 Å². The summed E-state index contributed by atoms with van der Waals surface area (Å²) >= 11 is 0. The number of ether oxygens (including phenoxy) is 2. The molecule has 0 amide bonds. The summed E-state index contributed by atoms with van der Waals surface area (Å²) < 4.78 is 24.7. The third kappa shape index (κ3) is 5.48.